The predicted octanol–water partition coefficient (Wildman–Crippen LogP) is 2.90. The number of anilines is 1. The van der Waals surface area contributed by atoms with Gasteiger partial charge in [0.15, 0.2) is 0 Å². The first-order chi connectivity index (χ1) is 9.08. The lowest BCUT2D eigenvalue weighted by Gasteiger charge is -2.25. The van der Waals surface area contributed by atoms with Crippen molar-refractivity contribution in [3.63, 3.8) is 0 Å². The van der Waals surface area contributed by atoms with Crippen molar-refractivity contribution >= 4 is 11.6 Å². The molecule has 19 heavy (non-hydrogen) atoms. The van der Waals surface area contributed by atoms with Crippen molar-refractivity contribution in [3.8, 4) is 0 Å². The molecule has 0 radical (unpaired) electrons. The van der Waals surface area contributed by atoms with Gasteiger partial charge in [0.2, 0.25) is 5.91 Å². The number of hydrogen-bond acceptors (Lipinski definition) is 2. The van der Waals surface area contributed by atoms with E-state index < -0.39 is 0 Å². The summed E-state index contributed by atoms with van der Waals surface area (Å²) < 4.78 is 0. The summed E-state index contributed by atoms with van der Waals surface area (Å²) in [5.74, 6) is 0.781. The van der Waals surface area contributed by atoms with Crippen LogP contribution in [0.1, 0.15) is 44.4 Å². The number of nitrogens with zero attached hydrogens (tertiary/aromatic N) is 1. The average Bonchev–Trinajstić information content (AvgIpc) is 2.70. The van der Waals surface area contributed by atoms with Crippen LogP contribution in [0, 0.1) is 5.92 Å². The molecular formula is C16H24N2O. The maximum Gasteiger partial charge on any atom is 0.231 e. The van der Waals surface area contributed by atoms with Gasteiger partial charge in [-0.1, -0.05) is 39.3 Å². The number of fused-ring (bicyclic) bond motifs is 1. The summed E-state index contributed by atoms with van der Waals surface area (Å²) in [6.07, 6.45) is 1.69. The van der Waals surface area contributed by atoms with Crippen LogP contribution >= 0.6 is 0 Å². The summed E-state index contributed by atoms with van der Waals surface area (Å²) in [6, 6.07) is 6.83. The second kappa shape index (κ2) is 5.74. The van der Waals surface area contributed by atoms with E-state index in [4.69, 9.17) is 0 Å². The minimum Gasteiger partial charge on any atom is -0.315 e. The molecular weight excluding hydrogens is 236 g/mol. The SMILES string of the molecule is CCNC(c1ccc2c(c1)CC(=O)N2C)C(C)CC. The Labute approximate surface area is 116 Å². The van der Waals surface area contributed by atoms with E-state index in [9.17, 15) is 4.79 Å². The van der Waals surface area contributed by atoms with E-state index in [0.29, 0.717) is 18.4 Å². The Bertz CT molecular complexity index is 470. The summed E-state index contributed by atoms with van der Waals surface area (Å²) in [7, 11) is 1.85. The molecule has 1 N–H and O–H groups in total. The van der Waals surface area contributed by atoms with E-state index in [-0.39, 0.29) is 5.91 Å². The third kappa shape index (κ3) is 2.66. The van der Waals surface area contributed by atoms with E-state index in [1.54, 1.807) is 4.90 Å². The van der Waals surface area contributed by atoms with Crippen LogP contribution in [-0.2, 0) is 11.2 Å². The normalized spacial score (nSPS) is 17.5. The zero-order valence-electron chi connectivity index (χ0n) is 12.4. The molecule has 1 aromatic carbocycles. The molecule has 2 unspecified atom stereocenters. The van der Waals surface area contributed by atoms with Crippen LogP contribution in [0.25, 0.3) is 0 Å². The number of nitrogens with one attached hydrogen (secondary N) is 1. The number of carbonyl (C=O) groups excluding carboxylic acids is 1. The third-order valence-electron chi connectivity index (χ3n) is 4.18. The molecule has 104 valence electrons. The minimum absolute atomic E-state index is 0.190. The standard InChI is InChI=1S/C16H24N2O/c1-5-11(3)16(17-6-2)12-7-8-14-13(9-12)10-15(19)18(14)4/h7-9,11,16-17H,5-6,10H2,1-4H3. The second-order valence-corrected chi connectivity index (χ2v) is 5.44. The van der Waals surface area contributed by atoms with Crippen LogP contribution in [0.15, 0.2) is 18.2 Å². The fourth-order valence-corrected chi connectivity index (χ4v) is 2.79. The van der Waals surface area contributed by atoms with Crippen LogP contribution in [0.4, 0.5) is 5.69 Å². The van der Waals surface area contributed by atoms with Gasteiger partial charge in [0.1, 0.15) is 0 Å². The van der Waals surface area contributed by atoms with Crippen molar-refractivity contribution in [1.82, 2.24) is 5.32 Å². The summed E-state index contributed by atoms with van der Waals surface area (Å²) in [6.45, 7) is 7.60. The third-order valence-corrected chi connectivity index (χ3v) is 4.18. The monoisotopic (exact) mass is 260 g/mol. The van der Waals surface area contributed by atoms with Gasteiger partial charge in [-0.2, -0.15) is 0 Å². The predicted molar refractivity (Wildman–Crippen MR) is 79.4 cm³/mol. The van der Waals surface area contributed by atoms with E-state index in [1.165, 1.54) is 5.56 Å². The van der Waals surface area contributed by atoms with Crippen molar-refractivity contribution in [2.75, 3.05) is 18.5 Å². The molecule has 3 heteroatoms. The minimum atomic E-state index is 0.190. The summed E-state index contributed by atoms with van der Waals surface area (Å²) in [4.78, 5) is 13.5. The molecule has 0 spiro atoms. The maximum atomic E-state index is 11.7. The molecule has 1 aliphatic heterocycles. The Hall–Kier alpha value is -1.35. The van der Waals surface area contributed by atoms with Crippen LogP contribution in [0.3, 0.4) is 0 Å². The molecule has 0 saturated heterocycles. The average molecular weight is 260 g/mol. The molecule has 3 nitrogen and oxygen atoms in total. The second-order valence-electron chi connectivity index (χ2n) is 5.44. The molecule has 2 rings (SSSR count). The van der Waals surface area contributed by atoms with Gasteiger partial charge in [0, 0.05) is 18.8 Å². The van der Waals surface area contributed by atoms with Crippen molar-refractivity contribution in [2.45, 2.75) is 39.7 Å². The lowest BCUT2D eigenvalue weighted by atomic mass is 9.91. The number of benzene rings is 1. The first-order valence-corrected chi connectivity index (χ1v) is 7.21. The molecule has 1 aromatic rings. The van der Waals surface area contributed by atoms with Crippen molar-refractivity contribution in [3.05, 3.63) is 29.3 Å². The van der Waals surface area contributed by atoms with E-state index in [0.717, 1.165) is 24.2 Å². The van der Waals surface area contributed by atoms with Crippen LogP contribution in [0.5, 0.6) is 0 Å². The van der Waals surface area contributed by atoms with Crippen LogP contribution in [0.2, 0.25) is 0 Å². The highest BCUT2D eigenvalue weighted by Gasteiger charge is 2.25. The summed E-state index contributed by atoms with van der Waals surface area (Å²) >= 11 is 0. The lowest BCUT2D eigenvalue weighted by molar-refractivity contribution is -0.117. The molecule has 0 aromatic heterocycles. The number of rotatable bonds is 5. The molecule has 0 aliphatic carbocycles. The quantitative estimate of drug-likeness (QED) is 0.883. The number of hydrogen-bond donors (Lipinski definition) is 1. The molecule has 1 aliphatic rings. The van der Waals surface area contributed by atoms with Gasteiger partial charge in [-0.05, 0) is 29.7 Å². The largest absolute Gasteiger partial charge is 0.315 e. The Kier molecular flexibility index (Phi) is 4.25. The Balaban J connectivity index is 2.31. The van der Waals surface area contributed by atoms with E-state index in [2.05, 4.69) is 44.3 Å². The summed E-state index contributed by atoms with van der Waals surface area (Å²) in [5.41, 5.74) is 3.53. The van der Waals surface area contributed by atoms with E-state index in [1.807, 2.05) is 7.05 Å². The number of carbonyl (C=O) groups is 1. The van der Waals surface area contributed by atoms with Crippen LogP contribution in [-0.4, -0.2) is 19.5 Å². The van der Waals surface area contributed by atoms with Gasteiger partial charge in [0.25, 0.3) is 0 Å². The fourth-order valence-electron chi connectivity index (χ4n) is 2.79. The van der Waals surface area contributed by atoms with Crippen molar-refractivity contribution < 1.29 is 4.79 Å². The molecule has 0 fully saturated rings. The number of likely N-dealkylation sites (N-methyl/N-ethyl adjacent to an activating group) is 1. The Morgan fingerprint density at radius 3 is 2.74 bits per heavy atom. The molecule has 2 atom stereocenters. The highest BCUT2D eigenvalue weighted by molar-refractivity contribution is 6.00. The first kappa shape index (κ1) is 14.1. The highest BCUT2D eigenvalue weighted by atomic mass is 16.2. The van der Waals surface area contributed by atoms with Crippen molar-refractivity contribution in [1.29, 1.82) is 0 Å². The van der Waals surface area contributed by atoms with Gasteiger partial charge in [0.05, 0.1) is 6.42 Å². The molecule has 0 saturated carbocycles. The topological polar surface area (TPSA) is 32.3 Å². The van der Waals surface area contributed by atoms with E-state index >= 15 is 0 Å². The Morgan fingerprint density at radius 1 is 1.37 bits per heavy atom. The van der Waals surface area contributed by atoms with Gasteiger partial charge in [-0.25, -0.2) is 0 Å². The first-order valence-electron chi connectivity index (χ1n) is 7.21. The van der Waals surface area contributed by atoms with Gasteiger partial charge >= 0.3 is 0 Å². The highest BCUT2D eigenvalue weighted by Crippen LogP contribution is 2.32. The van der Waals surface area contributed by atoms with Gasteiger partial charge in [-0.3, -0.25) is 4.79 Å². The zero-order valence-corrected chi connectivity index (χ0v) is 12.4. The maximum absolute atomic E-state index is 11.7. The molecule has 1 amide bonds. The van der Waals surface area contributed by atoms with Crippen LogP contribution < -0.4 is 10.2 Å². The number of amides is 1. The Morgan fingerprint density at radius 2 is 2.11 bits per heavy atom. The van der Waals surface area contributed by atoms with Crippen molar-refractivity contribution in [2.24, 2.45) is 5.92 Å². The smallest absolute Gasteiger partial charge is 0.231 e. The summed E-state index contributed by atoms with van der Waals surface area (Å²) in [5, 5.41) is 3.56. The fraction of sp³-hybridized carbons (Fsp3) is 0.562. The molecule has 1 heterocycles. The zero-order chi connectivity index (χ0) is 14.0. The van der Waals surface area contributed by atoms with Gasteiger partial charge in [-0.15, -0.1) is 0 Å². The van der Waals surface area contributed by atoms with Gasteiger partial charge < -0.3 is 10.2 Å². The lowest BCUT2D eigenvalue weighted by Crippen LogP contribution is -2.26. The molecule has 0 bridgehead atoms.